The Morgan fingerprint density at radius 2 is 1.92 bits per heavy atom. The molecule has 1 aromatic rings. The number of nitrogen functional groups attached to an aromatic ring is 1. The summed E-state index contributed by atoms with van der Waals surface area (Å²) < 4.78 is 10.8. The van der Waals surface area contributed by atoms with E-state index in [2.05, 4.69) is 14.9 Å². The van der Waals surface area contributed by atoms with Crippen LogP contribution in [0.3, 0.4) is 0 Å². The van der Waals surface area contributed by atoms with Crippen LogP contribution in [0.25, 0.3) is 0 Å². The van der Waals surface area contributed by atoms with Crippen LogP contribution < -0.4 is 10.6 Å². The van der Waals surface area contributed by atoms with Crippen molar-refractivity contribution in [3.8, 4) is 0 Å². The van der Waals surface area contributed by atoms with Crippen molar-refractivity contribution in [2.24, 2.45) is 0 Å². The average molecular weight is 335 g/mol. The third-order valence-corrected chi connectivity index (χ3v) is 4.03. The van der Waals surface area contributed by atoms with Gasteiger partial charge in [0.1, 0.15) is 11.4 Å². The number of fused-ring (bicyclic) bond motifs is 1. The van der Waals surface area contributed by atoms with Crippen LogP contribution >= 0.6 is 0 Å². The number of aromatic nitrogens is 2. The van der Waals surface area contributed by atoms with Gasteiger partial charge in [-0.3, -0.25) is 0 Å². The van der Waals surface area contributed by atoms with Gasteiger partial charge in [0.15, 0.2) is 0 Å². The van der Waals surface area contributed by atoms with Crippen molar-refractivity contribution >= 4 is 17.9 Å². The predicted molar refractivity (Wildman–Crippen MR) is 89.8 cm³/mol. The summed E-state index contributed by atoms with van der Waals surface area (Å²) in [5, 5.41) is 0. The van der Waals surface area contributed by atoms with Gasteiger partial charge in [-0.15, -0.1) is 0 Å². The molecule has 0 aromatic carbocycles. The van der Waals surface area contributed by atoms with Gasteiger partial charge in [-0.2, -0.15) is 4.98 Å². The summed E-state index contributed by atoms with van der Waals surface area (Å²) in [5.41, 5.74) is 7.36. The number of hydrogen-bond acceptors (Lipinski definition) is 7. The molecule has 0 radical (unpaired) electrons. The Balaban J connectivity index is 1.79. The number of ether oxygens (including phenoxy) is 2. The second-order valence-electron chi connectivity index (χ2n) is 7.09. The summed E-state index contributed by atoms with van der Waals surface area (Å²) in [4.78, 5) is 25.1. The number of carbonyl (C=O) groups is 1. The molecule has 3 rings (SSSR count). The lowest BCUT2D eigenvalue weighted by Crippen LogP contribution is -2.41. The number of amides is 1. The maximum atomic E-state index is 12.3. The molecule has 1 saturated heterocycles. The Labute approximate surface area is 141 Å². The summed E-state index contributed by atoms with van der Waals surface area (Å²) in [6.07, 6.45) is 0.322. The van der Waals surface area contributed by atoms with Crippen LogP contribution in [0, 0.1) is 0 Å². The molecule has 1 aromatic heterocycles. The zero-order valence-corrected chi connectivity index (χ0v) is 14.5. The maximum absolute atomic E-state index is 12.3. The van der Waals surface area contributed by atoms with E-state index < -0.39 is 5.60 Å². The Kier molecular flexibility index (Phi) is 4.49. The molecule has 132 valence electrons. The molecule has 0 aliphatic carbocycles. The molecule has 1 amide bonds. The molecular weight excluding hydrogens is 310 g/mol. The topological polar surface area (TPSA) is 93.8 Å². The zero-order chi connectivity index (χ0) is 17.3. The Morgan fingerprint density at radius 3 is 2.58 bits per heavy atom. The van der Waals surface area contributed by atoms with Gasteiger partial charge in [-0.05, 0) is 27.2 Å². The molecular formula is C16H25N5O3. The third kappa shape index (κ3) is 3.69. The van der Waals surface area contributed by atoms with Crippen LogP contribution in [0.15, 0.2) is 0 Å². The highest BCUT2D eigenvalue weighted by molar-refractivity contribution is 5.69. The third-order valence-electron chi connectivity index (χ3n) is 4.03. The SMILES string of the molecule is CC(C)(C)OC(=O)N1CCc2c(N)nc(N3CCOCC3)nc2C1. The molecule has 3 heterocycles. The summed E-state index contributed by atoms with van der Waals surface area (Å²) in [6.45, 7) is 9.34. The smallest absolute Gasteiger partial charge is 0.410 e. The lowest BCUT2D eigenvalue weighted by atomic mass is 10.1. The van der Waals surface area contributed by atoms with E-state index >= 15 is 0 Å². The summed E-state index contributed by atoms with van der Waals surface area (Å²) in [5.74, 6) is 1.12. The van der Waals surface area contributed by atoms with E-state index in [1.807, 2.05) is 20.8 Å². The second-order valence-corrected chi connectivity index (χ2v) is 7.09. The molecule has 1 fully saturated rings. The Bertz CT molecular complexity index is 623. The average Bonchev–Trinajstić information content (AvgIpc) is 2.53. The van der Waals surface area contributed by atoms with Crippen molar-refractivity contribution in [2.75, 3.05) is 43.5 Å². The molecule has 0 unspecified atom stereocenters. The van der Waals surface area contributed by atoms with Gasteiger partial charge in [-0.25, -0.2) is 9.78 Å². The summed E-state index contributed by atoms with van der Waals surface area (Å²) in [6, 6.07) is 0. The number of nitrogens with zero attached hydrogens (tertiary/aromatic N) is 4. The second kappa shape index (κ2) is 6.43. The minimum Gasteiger partial charge on any atom is -0.444 e. The van der Waals surface area contributed by atoms with Gasteiger partial charge < -0.3 is 25.0 Å². The van der Waals surface area contributed by atoms with Crippen molar-refractivity contribution in [1.29, 1.82) is 0 Å². The number of hydrogen-bond donors (Lipinski definition) is 1. The van der Waals surface area contributed by atoms with Crippen molar-refractivity contribution in [1.82, 2.24) is 14.9 Å². The van der Waals surface area contributed by atoms with Gasteiger partial charge >= 0.3 is 6.09 Å². The molecule has 2 aliphatic rings. The van der Waals surface area contributed by atoms with E-state index in [4.69, 9.17) is 15.2 Å². The quantitative estimate of drug-likeness (QED) is 0.824. The number of nitrogens with two attached hydrogens (primary N) is 1. The fourth-order valence-electron chi connectivity index (χ4n) is 2.83. The van der Waals surface area contributed by atoms with E-state index in [9.17, 15) is 4.79 Å². The van der Waals surface area contributed by atoms with Crippen LogP contribution in [-0.4, -0.2) is 59.4 Å². The highest BCUT2D eigenvalue weighted by Crippen LogP contribution is 2.25. The van der Waals surface area contributed by atoms with Crippen molar-refractivity contribution in [3.63, 3.8) is 0 Å². The van der Waals surface area contributed by atoms with E-state index in [1.54, 1.807) is 4.90 Å². The standard InChI is InChI=1S/C16H25N5O3/c1-16(2,3)24-15(22)21-5-4-11-12(10-21)18-14(19-13(11)17)20-6-8-23-9-7-20/h4-10H2,1-3H3,(H2,17,18,19). The van der Waals surface area contributed by atoms with Gasteiger partial charge in [-0.1, -0.05) is 0 Å². The van der Waals surface area contributed by atoms with Crippen LogP contribution in [0.4, 0.5) is 16.6 Å². The molecule has 0 spiro atoms. The van der Waals surface area contributed by atoms with Crippen molar-refractivity contribution in [2.45, 2.75) is 39.3 Å². The van der Waals surface area contributed by atoms with E-state index in [-0.39, 0.29) is 6.09 Å². The number of carbonyl (C=O) groups excluding carboxylic acids is 1. The first-order valence-electron chi connectivity index (χ1n) is 8.29. The first kappa shape index (κ1) is 16.8. The highest BCUT2D eigenvalue weighted by atomic mass is 16.6. The van der Waals surface area contributed by atoms with Crippen molar-refractivity contribution in [3.05, 3.63) is 11.3 Å². The first-order chi connectivity index (χ1) is 11.3. The number of morpholine rings is 1. The minimum absolute atomic E-state index is 0.321. The lowest BCUT2D eigenvalue weighted by molar-refractivity contribution is 0.0221. The predicted octanol–water partition coefficient (Wildman–Crippen LogP) is 1.19. The normalized spacial score (nSPS) is 18.3. The summed E-state index contributed by atoms with van der Waals surface area (Å²) in [7, 11) is 0. The molecule has 8 heteroatoms. The first-order valence-corrected chi connectivity index (χ1v) is 8.29. The molecule has 0 bridgehead atoms. The maximum Gasteiger partial charge on any atom is 0.410 e. The Morgan fingerprint density at radius 1 is 1.21 bits per heavy atom. The molecule has 24 heavy (non-hydrogen) atoms. The molecule has 2 aliphatic heterocycles. The fraction of sp³-hybridized carbons (Fsp3) is 0.688. The van der Waals surface area contributed by atoms with E-state index in [0.717, 1.165) is 24.3 Å². The molecule has 8 nitrogen and oxygen atoms in total. The van der Waals surface area contributed by atoms with Gasteiger partial charge in [0.2, 0.25) is 5.95 Å². The van der Waals surface area contributed by atoms with Gasteiger partial charge in [0, 0.05) is 25.2 Å². The summed E-state index contributed by atoms with van der Waals surface area (Å²) >= 11 is 0. The monoisotopic (exact) mass is 335 g/mol. The van der Waals surface area contributed by atoms with Crippen LogP contribution in [0.2, 0.25) is 0 Å². The largest absolute Gasteiger partial charge is 0.444 e. The zero-order valence-electron chi connectivity index (χ0n) is 14.5. The minimum atomic E-state index is -0.513. The highest BCUT2D eigenvalue weighted by Gasteiger charge is 2.29. The number of anilines is 2. The van der Waals surface area contributed by atoms with E-state index in [1.165, 1.54) is 0 Å². The molecule has 0 saturated carbocycles. The van der Waals surface area contributed by atoms with Gasteiger partial charge in [0.25, 0.3) is 0 Å². The number of rotatable bonds is 1. The van der Waals surface area contributed by atoms with Crippen molar-refractivity contribution < 1.29 is 14.3 Å². The van der Waals surface area contributed by atoms with Crippen LogP contribution in [0.1, 0.15) is 32.0 Å². The Hall–Kier alpha value is -2.09. The molecule has 0 atom stereocenters. The lowest BCUT2D eigenvalue weighted by Gasteiger charge is -2.32. The van der Waals surface area contributed by atoms with E-state index in [0.29, 0.717) is 44.5 Å². The van der Waals surface area contributed by atoms with Crippen LogP contribution in [-0.2, 0) is 22.4 Å². The fourth-order valence-corrected chi connectivity index (χ4v) is 2.83. The molecule has 2 N–H and O–H groups in total. The van der Waals surface area contributed by atoms with Gasteiger partial charge in [0.05, 0.1) is 25.5 Å². The van der Waals surface area contributed by atoms with Crippen LogP contribution in [0.5, 0.6) is 0 Å².